The van der Waals surface area contributed by atoms with Crippen LogP contribution < -0.4 is 4.90 Å². The molecule has 1 aliphatic rings. The summed E-state index contributed by atoms with van der Waals surface area (Å²) in [5.41, 5.74) is 7.24. The quantitative estimate of drug-likeness (QED) is 0.462. The second-order valence-electron chi connectivity index (χ2n) is 10.1. The number of nitrogens with one attached hydrogen (secondary N) is 1. The molecule has 33 heavy (non-hydrogen) atoms. The number of aryl methyl sites for hydroxylation is 1. The molecule has 0 unspecified atom stereocenters. The summed E-state index contributed by atoms with van der Waals surface area (Å²) in [4.78, 5) is 19.1. The zero-order chi connectivity index (χ0) is 23.5. The van der Waals surface area contributed by atoms with Crippen molar-refractivity contribution in [3.63, 3.8) is 0 Å². The van der Waals surface area contributed by atoms with E-state index < -0.39 is 5.60 Å². The maximum absolute atomic E-state index is 10.1. The highest BCUT2D eigenvalue weighted by atomic mass is 32.1. The lowest BCUT2D eigenvalue weighted by Gasteiger charge is -2.37. The van der Waals surface area contributed by atoms with Crippen LogP contribution >= 0.6 is 11.3 Å². The van der Waals surface area contributed by atoms with Gasteiger partial charge >= 0.3 is 0 Å². The van der Waals surface area contributed by atoms with Gasteiger partial charge in [-0.15, -0.1) is 0 Å². The first kappa shape index (κ1) is 22.3. The monoisotopic (exact) mass is 467 g/mol. The predicted molar refractivity (Wildman–Crippen MR) is 134 cm³/mol. The molecular weight excluding hydrogens is 434 g/mol. The number of hydrogen-bond donors (Lipinski definition) is 2. The highest BCUT2D eigenvalue weighted by Gasteiger charge is 2.27. The van der Waals surface area contributed by atoms with Crippen LogP contribution in [-0.2, 0) is 0 Å². The van der Waals surface area contributed by atoms with Gasteiger partial charge in [0.2, 0.25) is 0 Å². The highest BCUT2D eigenvalue weighted by Crippen LogP contribution is 2.41. The van der Waals surface area contributed by atoms with Crippen molar-refractivity contribution in [3.8, 4) is 11.3 Å². The van der Waals surface area contributed by atoms with E-state index in [-0.39, 0.29) is 0 Å². The van der Waals surface area contributed by atoms with Gasteiger partial charge < -0.3 is 15.0 Å². The minimum absolute atomic E-state index is 0.332. The molecule has 0 radical (unpaired) electrons. The normalized spacial score (nSPS) is 16.1. The van der Waals surface area contributed by atoms with Crippen molar-refractivity contribution in [2.24, 2.45) is 0 Å². The number of aromatic nitrogens is 5. The number of hydrogen-bond acceptors (Lipinski definition) is 7. The van der Waals surface area contributed by atoms with Crippen LogP contribution in [-0.4, -0.2) is 72.9 Å². The molecule has 0 aliphatic carbocycles. The van der Waals surface area contributed by atoms with E-state index in [1.165, 1.54) is 11.1 Å². The smallest absolute Gasteiger partial charge is 0.187 e. The first-order valence-electron chi connectivity index (χ1n) is 11.6. The summed E-state index contributed by atoms with van der Waals surface area (Å²) in [5, 5.41) is 15.6. The van der Waals surface area contributed by atoms with E-state index in [2.05, 4.69) is 58.8 Å². The Hall–Kier alpha value is -2.49. The number of anilines is 1. The Kier molecular flexibility index (Phi) is 5.46. The Morgan fingerprint density at radius 1 is 1.15 bits per heavy atom. The zero-order valence-electron chi connectivity index (χ0n) is 20.3. The molecular formula is C24H33N7OS. The summed E-state index contributed by atoms with van der Waals surface area (Å²) in [7, 11) is 0. The summed E-state index contributed by atoms with van der Waals surface area (Å²) < 4.78 is 1.86. The van der Waals surface area contributed by atoms with Crippen LogP contribution in [0.3, 0.4) is 0 Å². The minimum atomic E-state index is -0.659. The number of H-pyrrole nitrogens is 1. The number of aliphatic hydroxyl groups is 1. The van der Waals surface area contributed by atoms with Crippen molar-refractivity contribution < 1.29 is 5.11 Å². The summed E-state index contributed by atoms with van der Waals surface area (Å²) in [6, 6.07) is 0. The van der Waals surface area contributed by atoms with Crippen molar-refractivity contribution >= 4 is 32.5 Å². The van der Waals surface area contributed by atoms with Crippen molar-refractivity contribution in [2.75, 3.05) is 37.6 Å². The van der Waals surface area contributed by atoms with Crippen LogP contribution in [0.15, 0.2) is 12.5 Å². The van der Waals surface area contributed by atoms with Gasteiger partial charge in [0.25, 0.3) is 0 Å². The maximum Gasteiger partial charge on any atom is 0.187 e. The second kappa shape index (κ2) is 8.07. The third-order valence-electron chi connectivity index (χ3n) is 6.61. The average molecular weight is 468 g/mol. The molecule has 4 aromatic rings. The number of nitrogens with zero attached hydrogens (tertiary/aromatic N) is 6. The molecule has 2 N–H and O–H groups in total. The third kappa shape index (κ3) is 4.02. The van der Waals surface area contributed by atoms with Gasteiger partial charge in [0.05, 0.1) is 11.3 Å². The topological polar surface area (TPSA) is 85.6 Å². The molecule has 9 heteroatoms. The third-order valence-corrected chi connectivity index (χ3v) is 7.64. The van der Waals surface area contributed by atoms with Crippen molar-refractivity contribution in [2.45, 2.75) is 53.1 Å². The van der Waals surface area contributed by atoms with E-state index in [0.29, 0.717) is 12.5 Å². The molecule has 0 saturated carbocycles. The second-order valence-corrected chi connectivity index (χ2v) is 11.1. The molecule has 0 aromatic carbocycles. The fourth-order valence-electron chi connectivity index (χ4n) is 4.88. The predicted octanol–water partition coefficient (Wildman–Crippen LogP) is 3.97. The van der Waals surface area contributed by atoms with E-state index in [1.807, 2.05) is 18.4 Å². The van der Waals surface area contributed by atoms with E-state index in [0.717, 1.165) is 64.1 Å². The lowest BCUT2D eigenvalue weighted by atomic mass is 9.96. The number of aromatic amines is 1. The average Bonchev–Trinajstić information content (AvgIpc) is 3.43. The van der Waals surface area contributed by atoms with E-state index >= 15 is 0 Å². The van der Waals surface area contributed by atoms with Gasteiger partial charge in [-0.1, -0.05) is 25.2 Å². The van der Waals surface area contributed by atoms with Gasteiger partial charge in [0.1, 0.15) is 16.7 Å². The maximum atomic E-state index is 10.1. The summed E-state index contributed by atoms with van der Waals surface area (Å²) in [6.45, 7) is 16.9. The van der Waals surface area contributed by atoms with Gasteiger partial charge in [-0.2, -0.15) is 5.10 Å². The molecule has 1 fully saturated rings. The fourth-order valence-corrected chi connectivity index (χ4v) is 5.92. The van der Waals surface area contributed by atoms with Crippen molar-refractivity contribution in [1.29, 1.82) is 0 Å². The Balaban J connectivity index is 1.49. The van der Waals surface area contributed by atoms with E-state index in [4.69, 9.17) is 4.98 Å². The van der Waals surface area contributed by atoms with Crippen LogP contribution in [0, 0.1) is 13.8 Å². The lowest BCUT2D eigenvalue weighted by Crippen LogP contribution is -2.50. The molecule has 176 valence electrons. The Labute approximate surface area is 198 Å². The summed E-state index contributed by atoms with van der Waals surface area (Å²) in [5.74, 6) is 0.332. The van der Waals surface area contributed by atoms with Gasteiger partial charge in [-0.25, -0.2) is 14.5 Å². The number of rotatable bonds is 5. The van der Waals surface area contributed by atoms with Crippen molar-refractivity contribution in [3.05, 3.63) is 29.2 Å². The molecule has 1 aliphatic heterocycles. The van der Waals surface area contributed by atoms with E-state index in [1.54, 1.807) is 17.7 Å². The summed E-state index contributed by atoms with van der Waals surface area (Å²) in [6.07, 6.45) is 3.69. The Morgan fingerprint density at radius 2 is 1.88 bits per heavy atom. The van der Waals surface area contributed by atoms with Crippen LogP contribution in [0.2, 0.25) is 0 Å². The molecule has 0 atom stereocenters. The Morgan fingerprint density at radius 3 is 2.55 bits per heavy atom. The van der Waals surface area contributed by atoms with Crippen LogP contribution in [0.1, 0.15) is 50.3 Å². The van der Waals surface area contributed by atoms with Gasteiger partial charge in [0, 0.05) is 50.0 Å². The first-order valence-corrected chi connectivity index (χ1v) is 12.5. The standard InChI is InChI=1S/C24H33N7OS/c1-14(2)18-19(17-11-31-21(25-13-26-31)16(4)15(17)3)27-22-20(18)28-23(33-22)30-9-7-29(8-10-30)12-24(5,6)32/h11,13-14,27,32H,7-10,12H2,1-6H3. The molecule has 5 rings (SSSR count). The highest BCUT2D eigenvalue weighted by molar-refractivity contribution is 7.21. The molecule has 0 bridgehead atoms. The molecule has 5 heterocycles. The lowest BCUT2D eigenvalue weighted by molar-refractivity contribution is 0.0345. The number of pyridine rings is 1. The molecule has 0 amide bonds. The first-order chi connectivity index (χ1) is 15.6. The SMILES string of the molecule is Cc1c(-c2[nH]c3sc(N4CCN(CC(C)(C)O)CC4)nc3c2C(C)C)cn2ncnc2c1C. The number of piperazine rings is 1. The molecule has 0 spiro atoms. The largest absolute Gasteiger partial charge is 0.389 e. The van der Waals surface area contributed by atoms with Gasteiger partial charge in [-0.3, -0.25) is 4.90 Å². The van der Waals surface area contributed by atoms with Crippen LogP contribution in [0.5, 0.6) is 0 Å². The van der Waals surface area contributed by atoms with Gasteiger partial charge in [-0.05, 0) is 44.7 Å². The van der Waals surface area contributed by atoms with Crippen molar-refractivity contribution in [1.82, 2.24) is 29.5 Å². The fraction of sp³-hybridized carbons (Fsp3) is 0.542. The molecule has 1 saturated heterocycles. The molecule has 8 nitrogen and oxygen atoms in total. The van der Waals surface area contributed by atoms with Gasteiger partial charge in [0.15, 0.2) is 10.8 Å². The van der Waals surface area contributed by atoms with Crippen LogP contribution in [0.25, 0.3) is 27.3 Å². The Bertz CT molecular complexity index is 1300. The van der Waals surface area contributed by atoms with Crippen LogP contribution in [0.4, 0.5) is 5.13 Å². The zero-order valence-corrected chi connectivity index (χ0v) is 21.1. The van der Waals surface area contributed by atoms with E-state index in [9.17, 15) is 5.11 Å². The number of fused-ring (bicyclic) bond motifs is 2. The molecule has 4 aromatic heterocycles. The number of thiazole rings is 1. The number of β-amino-alcohol motifs (C(OH)–C–C–N with tert-alkyl or cyclic N) is 1. The summed E-state index contributed by atoms with van der Waals surface area (Å²) >= 11 is 1.74. The minimum Gasteiger partial charge on any atom is -0.389 e.